The second-order valence-corrected chi connectivity index (χ2v) is 6.62. The molecule has 1 aliphatic heterocycles. The molecule has 24 heavy (non-hydrogen) atoms. The number of likely N-dealkylation sites (N-methyl/N-ethyl adjacent to an activating group) is 1. The van der Waals surface area contributed by atoms with Crippen molar-refractivity contribution in [3.8, 4) is 0 Å². The van der Waals surface area contributed by atoms with E-state index in [1.165, 1.54) is 0 Å². The Morgan fingerprint density at radius 3 is 2.29 bits per heavy atom. The molecule has 1 saturated heterocycles. The van der Waals surface area contributed by atoms with Gasteiger partial charge >= 0.3 is 0 Å². The van der Waals surface area contributed by atoms with Crippen molar-refractivity contribution in [1.29, 1.82) is 0 Å². The van der Waals surface area contributed by atoms with E-state index in [1.54, 1.807) is 24.2 Å². The Labute approximate surface area is 146 Å². The van der Waals surface area contributed by atoms with Crippen molar-refractivity contribution in [1.82, 2.24) is 14.9 Å². The lowest BCUT2D eigenvalue weighted by molar-refractivity contribution is 0.102. The van der Waals surface area contributed by atoms with Crippen LogP contribution in [-0.2, 0) is 0 Å². The van der Waals surface area contributed by atoms with Crippen molar-refractivity contribution in [3.05, 3.63) is 42.2 Å². The number of hydrogen-bond donors (Lipinski definition) is 1. The zero-order valence-corrected chi connectivity index (χ0v) is 14.7. The number of piperazine rings is 1. The smallest absolute Gasteiger partial charge is 0.255 e. The normalized spacial score (nSPS) is 15.3. The van der Waals surface area contributed by atoms with Crippen molar-refractivity contribution in [3.63, 3.8) is 0 Å². The summed E-state index contributed by atoms with van der Waals surface area (Å²) in [5.41, 5.74) is 1.22. The van der Waals surface area contributed by atoms with E-state index in [2.05, 4.69) is 32.1 Å². The van der Waals surface area contributed by atoms with Crippen LogP contribution in [-0.4, -0.2) is 60.3 Å². The first-order valence-corrected chi connectivity index (χ1v) is 9.09. The molecular formula is C17H21N5OS. The number of anilines is 2. The topological polar surface area (TPSA) is 61.4 Å². The van der Waals surface area contributed by atoms with Crippen LogP contribution < -0.4 is 10.2 Å². The monoisotopic (exact) mass is 343 g/mol. The fraction of sp³-hybridized carbons (Fsp3) is 0.353. The molecule has 126 valence electrons. The quantitative estimate of drug-likeness (QED) is 0.859. The summed E-state index contributed by atoms with van der Waals surface area (Å²) in [4.78, 5) is 26.6. The average Bonchev–Trinajstić information content (AvgIpc) is 2.63. The van der Waals surface area contributed by atoms with E-state index < -0.39 is 0 Å². The highest BCUT2D eigenvalue weighted by atomic mass is 32.2. The summed E-state index contributed by atoms with van der Waals surface area (Å²) in [6.07, 6.45) is 5.33. The SMILES string of the molecule is CSc1ccc(C(=O)Nc2cnc(N3CCN(C)CC3)nc2)cc1. The Balaban J connectivity index is 1.62. The predicted octanol–water partition coefficient (Wildman–Crippen LogP) is 2.20. The minimum absolute atomic E-state index is 0.154. The third-order valence-electron chi connectivity index (χ3n) is 4.03. The van der Waals surface area contributed by atoms with Crippen LogP contribution in [0.4, 0.5) is 11.6 Å². The number of amides is 1. The van der Waals surface area contributed by atoms with Crippen molar-refractivity contribution in [2.45, 2.75) is 4.90 Å². The molecule has 1 amide bonds. The number of nitrogens with one attached hydrogen (secondary N) is 1. The third-order valence-corrected chi connectivity index (χ3v) is 4.78. The largest absolute Gasteiger partial charge is 0.338 e. The highest BCUT2D eigenvalue weighted by Crippen LogP contribution is 2.16. The van der Waals surface area contributed by atoms with Gasteiger partial charge < -0.3 is 15.1 Å². The predicted molar refractivity (Wildman–Crippen MR) is 97.9 cm³/mol. The Bertz CT molecular complexity index is 681. The summed E-state index contributed by atoms with van der Waals surface area (Å²) >= 11 is 1.65. The molecule has 0 atom stereocenters. The molecule has 2 aromatic rings. The van der Waals surface area contributed by atoms with Crippen molar-refractivity contribution < 1.29 is 4.79 Å². The molecule has 1 aromatic carbocycles. The minimum atomic E-state index is -0.154. The Morgan fingerprint density at radius 2 is 1.71 bits per heavy atom. The van der Waals surface area contributed by atoms with Crippen LogP contribution in [0.5, 0.6) is 0 Å². The minimum Gasteiger partial charge on any atom is -0.338 e. The summed E-state index contributed by atoms with van der Waals surface area (Å²) in [6, 6.07) is 7.51. The van der Waals surface area contributed by atoms with Crippen molar-refractivity contribution in [2.24, 2.45) is 0 Å². The first kappa shape index (κ1) is 16.7. The average molecular weight is 343 g/mol. The van der Waals surface area contributed by atoms with E-state index in [4.69, 9.17) is 0 Å². The van der Waals surface area contributed by atoms with Crippen molar-refractivity contribution >= 4 is 29.3 Å². The summed E-state index contributed by atoms with van der Waals surface area (Å²) in [5.74, 6) is 0.559. The fourth-order valence-corrected chi connectivity index (χ4v) is 2.91. The summed E-state index contributed by atoms with van der Waals surface area (Å²) in [6.45, 7) is 3.86. The first-order valence-electron chi connectivity index (χ1n) is 7.86. The van der Waals surface area contributed by atoms with Crippen LogP contribution in [0, 0.1) is 0 Å². The van der Waals surface area contributed by atoms with Crippen LogP contribution in [0.1, 0.15) is 10.4 Å². The van der Waals surface area contributed by atoms with Crippen LogP contribution in [0.2, 0.25) is 0 Å². The maximum absolute atomic E-state index is 12.2. The van der Waals surface area contributed by atoms with Gasteiger partial charge in [0.1, 0.15) is 0 Å². The number of benzene rings is 1. The zero-order chi connectivity index (χ0) is 16.9. The summed E-state index contributed by atoms with van der Waals surface area (Å²) in [7, 11) is 2.11. The van der Waals surface area contributed by atoms with Crippen LogP contribution >= 0.6 is 11.8 Å². The van der Waals surface area contributed by atoms with Crippen molar-refractivity contribution in [2.75, 3.05) is 49.7 Å². The Hall–Kier alpha value is -2.12. The first-order chi connectivity index (χ1) is 11.7. The molecule has 0 radical (unpaired) electrons. The maximum Gasteiger partial charge on any atom is 0.255 e. The second-order valence-electron chi connectivity index (χ2n) is 5.74. The highest BCUT2D eigenvalue weighted by molar-refractivity contribution is 7.98. The molecule has 0 saturated carbocycles. The molecule has 0 spiro atoms. The highest BCUT2D eigenvalue weighted by Gasteiger charge is 2.16. The van der Waals surface area contributed by atoms with Crippen LogP contribution in [0.15, 0.2) is 41.6 Å². The molecule has 6 nitrogen and oxygen atoms in total. The van der Waals surface area contributed by atoms with Gasteiger partial charge in [0.2, 0.25) is 5.95 Å². The molecular weight excluding hydrogens is 322 g/mol. The number of hydrogen-bond acceptors (Lipinski definition) is 6. The van der Waals surface area contributed by atoms with E-state index in [-0.39, 0.29) is 5.91 Å². The Morgan fingerprint density at radius 1 is 1.08 bits per heavy atom. The number of aromatic nitrogens is 2. The second kappa shape index (κ2) is 7.63. The van der Waals surface area contributed by atoms with Gasteiger partial charge in [-0.15, -0.1) is 11.8 Å². The van der Waals surface area contributed by atoms with Gasteiger partial charge in [-0.3, -0.25) is 4.79 Å². The molecule has 1 fully saturated rings. The number of thioether (sulfide) groups is 1. The van der Waals surface area contributed by atoms with Crippen LogP contribution in [0.25, 0.3) is 0 Å². The molecule has 7 heteroatoms. The molecule has 0 unspecified atom stereocenters. The number of carbonyl (C=O) groups excluding carboxylic acids is 1. The van der Waals surface area contributed by atoms with Gasteiger partial charge in [0, 0.05) is 36.6 Å². The number of nitrogens with zero attached hydrogens (tertiary/aromatic N) is 4. The summed E-state index contributed by atoms with van der Waals surface area (Å²) in [5, 5.41) is 2.84. The third kappa shape index (κ3) is 4.04. The lowest BCUT2D eigenvalue weighted by atomic mass is 10.2. The molecule has 3 rings (SSSR count). The molecule has 0 bridgehead atoms. The number of carbonyl (C=O) groups is 1. The van der Waals surface area contributed by atoms with Gasteiger partial charge in [-0.2, -0.15) is 0 Å². The van der Waals surface area contributed by atoms with Crippen LogP contribution in [0.3, 0.4) is 0 Å². The molecule has 2 heterocycles. The summed E-state index contributed by atoms with van der Waals surface area (Å²) < 4.78 is 0. The van der Waals surface area contributed by atoms with Gasteiger partial charge in [-0.1, -0.05) is 0 Å². The fourth-order valence-electron chi connectivity index (χ4n) is 2.50. The lowest BCUT2D eigenvalue weighted by Gasteiger charge is -2.32. The molecule has 1 aliphatic rings. The van der Waals surface area contributed by atoms with E-state index in [0.29, 0.717) is 17.2 Å². The molecule has 1 N–H and O–H groups in total. The zero-order valence-electron chi connectivity index (χ0n) is 13.9. The van der Waals surface area contributed by atoms with E-state index in [0.717, 1.165) is 31.1 Å². The molecule has 1 aromatic heterocycles. The Kier molecular flexibility index (Phi) is 5.32. The standard InChI is InChI=1S/C17H21N5OS/c1-21-7-9-22(10-8-21)17-18-11-14(12-19-17)20-16(23)13-3-5-15(24-2)6-4-13/h3-6,11-12H,7-10H2,1-2H3,(H,20,23). The maximum atomic E-state index is 12.2. The number of rotatable bonds is 4. The van der Waals surface area contributed by atoms with E-state index in [1.807, 2.05) is 30.5 Å². The van der Waals surface area contributed by atoms with Gasteiger partial charge in [-0.05, 0) is 37.6 Å². The van der Waals surface area contributed by atoms with Gasteiger partial charge in [-0.25, -0.2) is 9.97 Å². The van der Waals surface area contributed by atoms with E-state index in [9.17, 15) is 4.79 Å². The van der Waals surface area contributed by atoms with E-state index >= 15 is 0 Å². The van der Waals surface area contributed by atoms with Gasteiger partial charge in [0.25, 0.3) is 5.91 Å². The van der Waals surface area contributed by atoms with Gasteiger partial charge in [0.15, 0.2) is 0 Å². The lowest BCUT2D eigenvalue weighted by Crippen LogP contribution is -2.45. The van der Waals surface area contributed by atoms with Gasteiger partial charge in [0.05, 0.1) is 18.1 Å². The molecule has 0 aliphatic carbocycles.